The maximum Gasteiger partial charge on any atom is 0.351 e. The quantitative estimate of drug-likeness (QED) is 0.590. The van der Waals surface area contributed by atoms with Gasteiger partial charge in [-0.3, -0.25) is 0 Å². The zero-order valence-electron chi connectivity index (χ0n) is 10.5. The van der Waals surface area contributed by atoms with Crippen molar-refractivity contribution in [3.8, 4) is 0 Å². The maximum atomic E-state index is 11.2. The summed E-state index contributed by atoms with van der Waals surface area (Å²) < 4.78 is 1.50. The van der Waals surface area contributed by atoms with Crippen molar-refractivity contribution in [3.63, 3.8) is 0 Å². The van der Waals surface area contributed by atoms with Crippen LogP contribution in [0, 0.1) is 10.1 Å². The zero-order chi connectivity index (χ0) is 14.1. The molecule has 102 valence electrons. The lowest BCUT2D eigenvalue weighted by Crippen LogP contribution is -2.14. The Morgan fingerprint density at radius 1 is 1.40 bits per heavy atom. The van der Waals surface area contributed by atoms with Crippen molar-refractivity contribution in [1.29, 1.82) is 0 Å². The van der Waals surface area contributed by atoms with Crippen LogP contribution in [0.5, 0.6) is 0 Å². The van der Waals surface area contributed by atoms with E-state index in [1.165, 1.54) is 15.7 Å². The summed E-state index contributed by atoms with van der Waals surface area (Å²) in [6.45, 7) is 0. The highest BCUT2D eigenvalue weighted by Gasteiger charge is 2.25. The fraction of sp³-hybridized carbons (Fsp3) is 0.154. The molecule has 0 spiro atoms. The first-order valence-electron chi connectivity index (χ1n) is 6.06. The van der Waals surface area contributed by atoms with E-state index >= 15 is 0 Å². The second-order valence-corrected chi connectivity index (χ2v) is 5.29. The molecule has 7 heteroatoms. The SMILES string of the molecule is NC(Cc1nc2sccn2c1[N+](=O)[O-])c1ccccc1. The number of aromatic nitrogens is 2. The third kappa shape index (κ3) is 2.17. The van der Waals surface area contributed by atoms with Crippen LogP contribution < -0.4 is 5.73 Å². The molecule has 0 saturated heterocycles. The fourth-order valence-electron chi connectivity index (χ4n) is 2.18. The number of rotatable bonds is 4. The molecule has 0 aliphatic carbocycles. The number of benzene rings is 1. The van der Waals surface area contributed by atoms with Gasteiger partial charge >= 0.3 is 5.82 Å². The molecule has 0 saturated carbocycles. The predicted octanol–water partition coefficient (Wildman–Crippen LogP) is 2.55. The largest absolute Gasteiger partial charge is 0.358 e. The van der Waals surface area contributed by atoms with Crippen LogP contribution in [0.2, 0.25) is 0 Å². The lowest BCUT2D eigenvalue weighted by atomic mass is 10.0. The standard InChI is InChI=1S/C13H12N4O2S/c14-10(9-4-2-1-3-5-9)8-11-12(17(18)19)16-6-7-20-13(16)15-11/h1-7,10H,8,14H2. The van der Waals surface area contributed by atoms with Crippen LogP contribution >= 0.6 is 11.3 Å². The molecule has 0 aliphatic heterocycles. The number of hydrogen-bond acceptors (Lipinski definition) is 5. The first-order valence-corrected chi connectivity index (χ1v) is 6.94. The van der Waals surface area contributed by atoms with Crippen LogP contribution in [-0.2, 0) is 6.42 Å². The molecule has 2 N–H and O–H groups in total. The van der Waals surface area contributed by atoms with Crippen molar-refractivity contribution in [2.45, 2.75) is 12.5 Å². The Balaban J connectivity index is 1.96. The van der Waals surface area contributed by atoms with E-state index in [0.717, 1.165) is 5.56 Å². The van der Waals surface area contributed by atoms with Crippen molar-refractivity contribution in [2.75, 3.05) is 0 Å². The van der Waals surface area contributed by atoms with Gasteiger partial charge in [-0.2, -0.15) is 9.38 Å². The number of hydrogen-bond donors (Lipinski definition) is 1. The van der Waals surface area contributed by atoms with Crippen molar-refractivity contribution in [3.05, 3.63) is 63.3 Å². The molecular formula is C13H12N4O2S. The van der Waals surface area contributed by atoms with Gasteiger partial charge in [-0.25, -0.2) is 0 Å². The lowest BCUT2D eigenvalue weighted by Gasteiger charge is -2.09. The third-order valence-corrected chi connectivity index (χ3v) is 3.88. The topological polar surface area (TPSA) is 86.5 Å². The van der Waals surface area contributed by atoms with Crippen LogP contribution in [0.15, 0.2) is 41.9 Å². The van der Waals surface area contributed by atoms with Gasteiger partial charge in [0, 0.05) is 17.8 Å². The molecule has 20 heavy (non-hydrogen) atoms. The highest BCUT2D eigenvalue weighted by atomic mass is 32.1. The second-order valence-electron chi connectivity index (χ2n) is 4.42. The third-order valence-electron chi connectivity index (χ3n) is 3.12. The van der Waals surface area contributed by atoms with E-state index in [9.17, 15) is 10.1 Å². The van der Waals surface area contributed by atoms with Crippen molar-refractivity contribution >= 4 is 22.1 Å². The van der Waals surface area contributed by atoms with Crippen LogP contribution in [0.4, 0.5) is 5.82 Å². The molecule has 1 aromatic carbocycles. The summed E-state index contributed by atoms with van der Waals surface area (Å²) in [5.74, 6) is 0.00707. The summed E-state index contributed by atoms with van der Waals surface area (Å²) in [7, 11) is 0. The fourth-order valence-corrected chi connectivity index (χ4v) is 2.90. The van der Waals surface area contributed by atoms with E-state index in [1.807, 2.05) is 30.3 Å². The number of nitro groups is 1. The van der Waals surface area contributed by atoms with Crippen molar-refractivity contribution < 1.29 is 4.92 Å². The van der Waals surface area contributed by atoms with Gasteiger partial charge in [0.15, 0.2) is 0 Å². The Kier molecular flexibility index (Phi) is 3.21. The van der Waals surface area contributed by atoms with E-state index in [2.05, 4.69) is 4.98 Å². The Morgan fingerprint density at radius 2 is 2.15 bits per heavy atom. The van der Waals surface area contributed by atoms with E-state index in [0.29, 0.717) is 17.1 Å². The molecule has 6 nitrogen and oxygen atoms in total. The Bertz CT molecular complexity index is 750. The zero-order valence-corrected chi connectivity index (χ0v) is 11.3. The average molecular weight is 288 g/mol. The Hall–Kier alpha value is -2.25. The van der Waals surface area contributed by atoms with Crippen LogP contribution in [-0.4, -0.2) is 14.3 Å². The molecule has 0 radical (unpaired) electrons. The van der Waals surface area contributed by atoms with Gasteiger partial charge in [0.05, 0.1) is 0 Å². The van der Waals surface area contributed by atoms with Gasteiger partial charge in [0.2, 0.25) is 0 Å². The first-order chi connectivity index (χ1) is 9.66. The summed E-state index contributed by atoms with van der Waals surface area (Å²) in [4.78, 5) is 15.8. The Morgan fingerprint density at radius 3 is 2.85 bits per heavy atom. The molecule has 0 fully saturated rings. The van der Waals surface area contributed by atoms with Crippen molar-refractivity contribution in [1.82, 2.24) is 9.38 Å². The van der Waals surface area contributed by atoms with E-state index in [4.69, 9.17) is 5.73 Å². The summed E-state index contributed by atoms with van der Waals surface area (Å²) >= 11 is 1.37. The Labute approximate surface area is 118 Å². The molecule has 2 heterocycles. The second kappa shape index (κ2) is 5.03. The van der Waals surface area contributed by atoms with E-state index in [1.54, 1.807) is 11.6 Å². The van der Waals surface area contributed by atoms with Crippen LogP contribution in [0.1, 0.15) is 17.3 Å². The molecular weight excluding hydrogens is 276 g/mol. The maximum absolute atomic E-state index is 11.2. The van der Waals surface area contributed by atoms with E-state index < -0.39 is 4.92 Å². The lowest BCUT2D eigenvalue weighted by molar-refractivity contribution is -0.391. The van der Waals surface area contributed by atoms with Gasteiger partial charge in [0.1, 0.15) is 11.9 Å². The minimum absolute atomic E-state index is 0.00707. The first kappa shape index (κ1) is 12.8. The molecule has 0 amide bonds. The molecule has 0 aliphatic rings. The molecule has 3 aromatic rings. The number of nitrogens with two attached hydrogens (primary N) is 1. The van der Waals surface area contributed by atoms with Gasteiger partial charge in [-0.1, -0.05) is 41.7 Å². The summed E-state index contributed by atoms with van der Waals surface area (Å²) in [5.41, 5.74) is 7.49. The van der Waals surface area contributed by atoms with Gasteiger partial charge in [0.25, 0.3) is 4.96 Å². The molecule has 2 aromatic heterocycles. The number of nitrogens with zero attached hydrogens (tertiary/aromatic N) is 3. The minimum atomic E-state index is -0.403. The smallest absolute Gasteiger partial charge is 0.351 e. The molecule has 1 unspecified atom stereocenters. The normalized spacial score (nSPS) is 12.7. The summed E-state index contributed by atoms with van der Waals surface area (Å²) in [5, 5.41) is 13.0. The van der Waals surface area contributed by atoms with Gasteiger partial charge < -0.3 is 15.8 Å². The summed E-state index contributed by atoms with van der Waals surface area (Å²) in [6.07, 6.45) is 2.00. The molecule has 3 rings (SSSR count). The monoisotopic (exact) mass is 288 g/mol. The van der Waals surface area contributed by atoms with Gasteiger partial charge in [-0.05, 0) is 10.5 Å². The van der Waals surface area contributed by atoms with Crippen LogP contribution in [0.3, 0.4) is 0 Å². The molecule has 1 atom stereocenters. The molecule has 0 bridgehead atoms. The highest BCUT2D eigenvalue weighted by Crippen LogP contribution is 2.27. The highest BCUT2D eigenvalue weighted by molar-refractivity contribution is 7.15. The average Bonchev–Trinajstić information content (AvgIpc) is 2.99. The number of thiazole rings is 1. The van der Waals surface area contributed by atoms with E-state index in [-0.39, 0.29) is 11.9 Å². The van der Waals surface area contributed by atoms with Gasteiger partial charge in [-0.15, -0.1) is 0 Å². The van der Waals surface area contributed by atoms with Crippen molar-refractivity contribution in [2.24, 2.45) is 5.73 Å². The number of fused-ring (bicyclic) bond motifs is 1. The predicted molar refractivity (Wildman–Crippen MR) is 76.8 cm³/mol. The van der Waals surface area contributed by atoms with Crippen LogP contribution in [0.25, 0.3) is 4.96 Å². The summed E-state index contributed by atoms with van der Waals surface area (Å²) in [6, 6.07) is 9.22. The number of imidazole rings is 1. The minimum Gasteiger partial charge on any atom is -0.358 e.